The van der Waals surface area contributed by atoms with Gasteiger partial charge in [0.05, 0.1) is 6.07 Å². The zero-order valence-corrected chi connectivity index (χ0v) is 8.08. The summed E-state index contributed by atoms with van der Waals surface area (Å²) in [5, 5.41) is 8.91. The summed E-state index contributed by atoms with van der Waals surface area (Å²) in [5.74, 6) is -0.144. The average molecular weight is 178 g/mol. The van der Waals surface area contributed by atoms with Gasteiger partial charge in [0.2, 0.25) is 5.91 Å². The summed E-state index contributed by atoms with van der Waals surface area (Å²) in [6.45, 7) is 6.95. The SMILES string of the molecule is C=CC(=O)N(C1CC1)C(C)(C)C#N. The monoisotopic (exact) mass is 178 g/mol. The van der Waals surface area contributed by atoms with Crippen molar-refractivity contribution in [2.45, 2.75) is 38.3 Å². The van der Waals surface area contributed by atoms with E-state index in [4.69, 9.17) is 5.26 Å². The first-order valence-electron chi connectivity index (χ1n) is 4.40. The lowest BCUT2D eigenvalue weighted by Crippen LogP contribution is -2.47. The van der Waals surface area contributed by atoms with E-state index in [0.717, 1.165) is 12.8 Å². The lowest BCUT2D eigenvalue weighted by molar-refractivity contribution is -0.130. The van der Waals surface area contributed by atoms with Crippen molar-refractivity contribution in [1.29, 1.82) is 5.26 Å². The van der Waals surface area contributed by atoms with Gasteiger partial charge in [0.25, 0.3) is 0 Å². The third-order valence-electron chi connectivity index (χ3n) is 2.20. The van der Waals surface area contributed by atoms with Crippen LogP contribution >= 0.6 is 0 Å². The maximum atomic E-state index is 11.5. The summed E-state index contributed by atoms with van der Waals surface area (Å²) in [5.41, 5.74) is -0.716. The van der Waals surface area contributed by atoms with Crippen molar-refractivity contribution < 1.29 is 4.79 Å². The summed E-state index contributed by atoms with van der Waals surface area (Å²) in [7, 11) is 0. The van der Waals surface area contributed by atoms with Crippen molar-refractivity contribution in [2.75, 3.05) is 0 Å². The van der Waals surface area contributed by atoms with Crippen LogP contribution in [0.25, 0.3) is 0 Å². The van der Waals surface area contributed by atoms with Crippen molar-refractivity contribution in [2.24, 2.45) is 0 Å². The second kappa shape index (κ2) is 3.21. The number of carbonyl (C=O) groups excluding carboxylic acids is 1. The Hall–Kier alpha value is -1.30. The standard InChI is InChI=1S/C10H14N2O/c1-4-9(13)12(8-5-6-8)10(2,3)7-11/h4,8H,1,5-6H2,2-3H3. The van der Waals surface area contributed by atoms with E-state index in [1.54, 1.807) is 18.7 Å². The van der Waals surface area contributed by atoms with Crippen molar-refractivity contribution in [1.82, 2.24) is 4.90 Å². The van der Waals surface area contributed by atoms with Crippen LogP contribution in [0.1, 0.15) is 26.7 Å². The maximum Gasteiger partial charge on any atom is 0.247 e. The van der Waals surface area contributed by atoms with Gasteiger partial charge in [0.15, 0.2) is 0 Å². The first-order valence-corrected chi connectivity index (χ1v) is 4.40. The fourth-order valence-corrected chi connectivity index (χ4v) is 1.40. The maximum absolute atomic E-state index is 11.5. The largest absolute Gasteiger partial charge is 0.318 e. The third-order valence-corrected chi connectivity index (χ3v) is 2.20. The molecule has 0 aromatic heterocycles. The fraction of sp³-hybridized carbons (Fsp3) is 0.600. The molecule has 0 radical (unpaired) electrons. The van der Waals surface area contributed by atoms with Crippen LogP contribution in [-0.2, 0) is 4.79 Å². The van der Waals surface area contributed by atoms with Gasteiger partial charge >= 0.3 is 0 Å². The topological polar surface area (TPSA) is 44.1 Å². The van der Waals surface area contributed by atoms with E-state index in [0.29, 0.717) is 0 Å². The molecular weight excluding hydrogens is 164 g/mol. The van der Waals surface area contributed by atoms with E-state index >= 15 is 0 Å². The third kappa shape index (κ3) is 1.89. The molecule has 1 amide bonds. The number of amides is 1. The van der Waals surface area contributed by atoms with Gasteiger partial charge in [0, 0.05) is 6.04 Å². The number of rotatable bonds is 3. The van der Waals surface area contributed by atoms with Gasteiger partial charge in [-0.2, -0.15) is 5.26 Å². The van der Waals surface area contributed by atoms with E-state index in [1.807, 2.05) is 0 Å². The van der Waals surface area contributed by atoms with Crippen LogP contribution in [0.3, 0.4) is 0 Å². The normalized spacial score (nSPS) is 16.1. The van der Waals surface area contributed by atoms with Crippen molar-refractivity contribution >= 4 is 5.91 Å². The average Bonchev–Trinajstić information content (AvgIpc) is 2.88. The van der Waals surface area contributed by atoms with E-state index in [2.05, 4.69) is 12.6 Å². The van der Waals surface area contributed by atoms with Crippen LogP contribution in [0.15, 0.2) is 12.7 Å². The molecule has 1 fully saturated rings. The van der Waals surface area contributed by atoms with E-state index < -0.39 is 5.54 Å². The van der Waals surface area contributed by atoms with E-state index in [9.17, 15) is 4.79 Å². The predicted molar refractivity (Wildman–Crippen MR) is 49.8 cm³/mol. The number of hydrogen-bond donors (Lipinski definition) is 0. The molecule has 70 valence electrons. The van der Waals surface area contributed by atoms with Gasteiger partial charge < -0.3 is 4.90 Å². The second-order valence-corrected chi connectivity index (χ2v) is 3.81. The van der Waals surface area contributed by atoms with Gasteiger partial charge in [-0.1, -0.05) is 6.58 Å². The van der Waals surface area contributed by atoms with Gasteiger partial charge in [-0.15, -0.1) is 0 Å². The lowest BCUT2D eigenvalue weighted by atomic mass is 10.0. The molecule has 0 atom stereocenters. The molecule has 1 rings (SSSR count). The van der Waals surface area contributed by atoms with Gasteiger partial charge in [-0.3, -0.25) is 4.79 Å². The molecule has 3 nitrogen and oxygen atoms in total. The number of carbonyl (C=O) groups is 1. The first kappa shape index (κ1) is 9.79. The highest BCUT2D eigenvalue weighted by atomic mass is 16.2. The first-order chi connectivity index (χ1) is 6.03. The highest BCUT2D eigenvalue weighted by Gasteiger charge is 2.40. The van der Waals surface area contributed by atoms with Crippen LogP contribution in [0.2, 0.25) is 0 Å². The van der Waals surface area contributed by atoms with Crippen LogP contribution in [0.4, 0.5) is 0 Å². The molecule has 0 aliphatic heterocycles. The molecule has 3 heteroatoms. The molecule has 0 bridgehead atoms. The molecule has 0 spiro atoms. The van der Waals surface area contributed by atoms with E-state index in [1.165, 1.54) is 6.08 Å². The minimum atomic E-state index is -0.716. The van der Waals surface area contributed by atoms with Crippen LogP contribution in [-0.4, -0.2) is 22.4 Å². The Kier molecular flexibility index (Phi) is 2.42. The minimum absolute atomic E-state index is 0.144. The molecule has 0 N–H and O–H groups in total. The zero-order valence-electron chi connectivity index (χ0n) is 8.08. The molecule has 0 aromatic carbocycles. The summed E-state index contributed by atoms with van der Waals surface area (Å²) in [6.07, 6.45) is 3.28. The Morgan fingerprint density at radius 1 is 1.69 bits per heavy atom. The molecule has 13 heavy (non-hydrogen) atoms. The smallest absolute Gasteiger partial charge is 0.247 e. The number of nitriles is 1. The molecule has 0 saturated heterocycles. The molecule has 0 heterocycles. The number of hydrogen-bond acceptors (Lipinski definition) is 2. The molecule has 1 aliphatic rings. The second-order valence-electron chi connectivity index (χ2n) is 3.81. The van der Waals surface area contributed by atoms with Crippen molar-refractivity contribution in [3.8, 4) is 6.07 Å². The van der Waals surface area contributed by atoms with Gasteiger partial charge in [-0.05, 0) is 32.8 Å². The van der Waals surface area contributed by atoms with Crippen LogP contribution in [0, 0.1) is 11.3 Å². The molecule has 0 aromatic rings. The Morgan fingerprint density at radius 3 is 2.54 bits per heavy atom. The van der Waals surface area contributed by atoms with Crippen molar-refractivity contribution in [3.63, 3.8) is 0 Å². The summed E-state index contributed by atoms with van der Waals surface area (Å²) in [6, 6.07) is 2.39. The van der Waals surface area contributed by atoms with E-state index in [-0.39, 0.29) is 11.9 Å². The highest BCUT2D eigenvalue weighted by Crippen LogP contribution is 2.32. The minimum Gasteiger partial charge on any atom is -0.318 e. The molecule has 1 aliphatic carbocycles. The Morgan fingerprint density at radius 2 is 2.23 bits per heavy atom. The van der Waals surface area contributed by atoms with Crippen molar-refractivity contribution in [3.05, 3.63) is 12.7 Å². The Bertz CT molecular complexity index is 271. The summed E-state index contributed by atoms with van der Waals surface area (Å²) < 4.78 is 0. The quantitative estimate of drug-likeness (QED) is 0.614. The Balaban J connectivity index is 2.85. The molecule has 0 unspecified atom stereocenters. The van der Waals surface area contributed by atoms with Crippen LogP contribution in [0.5, 0.6) is 0 Å². The van der Waals surface area contributed by atoms with Gasteiger partial charge in [-0.25, -0.2) is 0 Å². The summed E-state index contributed by atoms with van der Waals surface area (Å²) in [4.78, 5) is 13.1. The summed E-state index contributed by atoms with van der Waals surface area (Å²) >= 11 is 0. The van der Waals surface area contributed by atoms with Gasteiger partial charge in [0.1, 0.15) is 5.54 Å². The number of nitrogens with zero attached hydrogens (tertiary/aromatic N) is 2. The zero-order chi connectivity index (χ0) is 10.1. The highest BCUT2D eigenvalue weighted by molar-refractivity contribution is 5.88. The lowest BCUT2D eigenvalue weighted by Gasteiger charge is -2.32. The molecule has 1 saturated carbocycles. The Labute approximate surface area is 78.6 Å². The predicted octanol–water partition coefficient (Wildman–Crippen LogP) is 1.47. The molecular formula is C10H14N2O. The fourth-order valence-electron chi connectivity index (χ4n) is 1.40. The van der Waals surface area contributed by atoms with Crippen LogP contribution < -0.4 is 0 Å².